The summed E-state index contributed by atoms with van der Waals surface area (Å²) in [7, 11) is 1.83. The molecular formula is C16H22ClN3O2. The highest BCUT2D eigenvalue weighted by Crippen LogP contribution is 2.12. The summed E-state index contributed by atoms with van der Waals surface area (Å²) in [6.07, 6.45) is 0.889. The molecule has 0 bridgehead atoms. The van der Waals surface area contributed by atoms with Crippen molar-refractivity contribution in [2.75, 3.05) is 39.8 Å². The largest absolute Gasteiger partial charge is 0.339 e. The van der Waals surface area contributed by atoms with Crippen LogP contribution in [0, 0.1) is 0 Å². The van der Waals surface area contributed by atoms with Gasteiger partial charge in [-0.15, -0.1) is 0 Å². The van der Waals surface area contributed by atoms with Gasteiger partial charge in [-0.25, -0.2) is 0 Å². The van der Waals surface area contributed by atoms with Gasteiger partial charge in [-0.1, -0.05) is 23.7 Å². The number of nitrogens with one attached hydrogen (secondary N) is 1. The summed E-state index contributed by atoms with van der Waals surface area (Å²) in [4.78, 5) is 27.9. The second-order valence-corrected chi connectivity index (χ2v) is 5.85. The fourth-order valence-electron chi connectivity index (χ4n) is 2.48. The first-order valence-corrected chi connectivity index (χ1v) is 7.92. The maximum absolute atomic E-state index is 12.3. The number of amides is 2. The van der Waals surface area contributed by atoms with Crippen molar-refractivity contribution in [2.45, 2.75) is 12.8 Å². The third kappa shape index (κ3) is 4.71. The average Bonchev–Trinajstić information content (AvgIpc) is 2.55. The van der Waals surface area contributed by atoms with Crippen molar-refractivity contribution < 1.29 is 9.59 Å². The molecule has 2 rings (SSSR count). The quantitative estimate of drug-likeness (QED) is 0.885. The van der Waals surface area contributed by atoms with Crippen LogP contribution in [0.5, 0.6) is 0 Å². The number of halogens is 1. The minimum Gasteiger partial charge on any atom is -0.339 e. The molecule has 5 nitrogen and oxygen atoms in total. The van der Waals surface area contributed by atoms with E-state index in [9.17, 15) is 9.59 Å². The van der Waals surface area contributed by atoms with Gasteiger partial charge in [-0.05, 0) is 24.7 Å². The average molecular weight is 324 g/mol. The summed E-state index contributed by atoms with van der Waals surface area (Å²) in [6, 6.07) is 7.33. The summed E-state index contributed by atoms with van der Waals surface area (Å²) in [6.45, 7) is 3.15. The number of benzene rings is 1. The molecule has 22 heavy (non-hydrogen) atoms. The minimum atomic E-state index is 0.102. The first kappa shape index (κ1) is 16.8. The lowest BCUT2D eigenvalue weighted by molar-refractivity contribution is -0.139. The third-order valence-electron chi connectivity index (χ3n) is 3.84. The molecule has 120 valence electrons. The van der Waals surface area contributed by atoms with Crippen LogP contribution < -0.4 is 5.32 Å². The predicted molar refractivity (Wildman–Crippen MR) is 86.9 cm³/mol. The molecule has 1 aliphatic rings. The van der Waals surface area contributed by atoms with Gasteiger partial charge >= 0.3 is 0 Å². The Balaban J connectivity index is 1.79. The van der Waals surface area contributed by atoms with Gasteiger partial charge in [-0.2, -0.15) is 0 Å². The monoisotopic (exact) mass is 323 g/mol. The van der Waals surface area contributed by atoms with Gasteiger partial charge in [0.05, 0.1) is 6.42 Å². The Labute approximate surface area is 136 Å². The van der Waals surface area contributed by atoms with Crippen molar-refractivity contribution in [3.05, 3.63) is 34.9 Å². The number of hydrogen-bond acceptors (Lipinski definition) is 3. The lowest BCUT2D eigenvalue weighted by Crippen LogP contribution is -2.51. The highest BCUT2D eigenvalue weighted by Gasteiger charge is 2.23. The van der Waals surface area contributed by atoms with Crippen LogP contribution >= 0.6 is 11.6 Å². The number of carbonyl (C=O) groups is 2. The van der Waals surface area contributed by atoms with Crippen LogP contribution in [-0.4, -0.2) is 61.4 Å². The fraction of sp³-hybridized carbons (Fsp3) is 0.500. The number of piperazine rings is 1. The molecule has 0 saturated carbocycles. The van der Waals surface area contributed by atoms with E-state index in [1.165, 1.54) is 0 Å². The standard InChI is InChI=1S/C16H22ClN3O2/c1-18-7-6-15(21)19-8-10-20(11-9-19)16(22)12-13-2-4-14(17)5-3-13/h2-5,18H,6-12H2,1H3. The van der Waals surface area contributed by atoms with E-state index in [4.69, 9.17) is 11.6 Å². The first-order valence-electron chi connectivity index (χ1n) is 7.54. The summed E-state index contributed by atoms with van der Waals surface area (Å²) in [5.74, 6) is 0.254. The van der Waals surface area contributed by atoms with E-state index in [0.717, 1.165) is 5.56 Å². The van der Waals surface area contributed by atoms with Crippen molar-refractivity contribution in [3.63, 3.8) is 0 Å². The molecule has 6 heteroatoms. The van der Waals surface area contributed by atoms with Gasteiger partial charge in [0, 0.05) is 44.2 Å². The van der Waals surface area contributed by atoms with Crippen LogP contribution in [0.15, 0.2) is 24.3 Å². The van der Waals surface area contributed by atoms with E-state index in [0.29, 0.717) is 50.6 Å². The first-order chi connectivity index (χ1) is 10.6. The Bertz CT molecular complexity index is 511. The van der Waals surface area contributed by atoms with Gasteiger partial charge in [0.15, 0.2) is 0 Å². The van der Waals surface area contributed by atoms with E-state index in [-0.39, 0.29) is 11.8 Å². The van der Waals surface area contributed by atoms with Gasteiger partial charge in [-0.3, -0.25) is 9.59 Å². The van der Waals surface area contributed by atoms with Crippen LogP contribution in [0.25, 0.3) is 0 Å². The highest BCUT2D eigenvalue weighted by atomic mass is 35.5. The van der Waals surface area contributed by atoms with Crippen molar-refractivity contribution in [3.8, 4) is 0 Å². The van der Waals surface area contributed by atoms with Crippen LogP contribution in [-0.2, 0) is 16.0 Å². The summed E-state index contributed by atoms with van der Waals surface area (Å²) >= 11 is 5.84. The maximum atomic E-state index is 12.3. The molecule has 0 spiro atoms. The topological polar surface area (TPSA) is 52.7 Å². The summed E-state index contributed by atoms with van der Waals surface area (Å²) < 4.78 is 0. The molecule has 0 radical (unpaired) electrons. The maximum Gasteiger partial charge on any atom is 0.227 e. The molecule has 1 aromatic carbocycles. The highest BCUT2D eigenvalue weighted by molar-refractivity contribution is 6.30. The normalized spacial score (nSPS) is 15.0. The molecule has 0 unspecified atom stereocenters. The Hall–Kier alpha value is -1.59. The van der Waals surface area contributed by atoms with Crippen molar-refractivity contribution in [1.82, 2.24) is 15.1 Å². The van der Waals surface area contributed by atoms with Crippen LogP contribution in [0.4, 0.5) is 0 Å². The molecule has 0 aliphatic carbocycles. The lowest BCUT2D eigenvalue weighted by Gasteiger charge is -2.35. The molecule has 0 atom stereocenters. The minimum absolute atomic E-state index is 0.102. The van der Waals surface area contributed by atoms with Crippen LogP contribution in [0.2, 0.25) is 5.02 Å². The van der Waals surface area contributed by atoms with Crippen LogP contribution in [0.3, 0.4) is 0 Å². The molecule has 2 amide bonds. The zero-order valence-corrected chi connectivity index (χ0v) is 13.6. The second kappa shape index (κ2) is 8.15. The lowest BCUT2D eigenvalue weighted by atomic mass is 10.1. The van der Waals surface area contributed by atoms with Crippen LogP contribution in [0.1, 0.15) is 12.0 Å². The van der Waals surface area contributed by atoms with Gasteiger partial charge in [0.2, 0.25) is 11.8 Å². The Morgan fingerprint density at radius 3 is 2.14 bits per heavy atom. The van der Waals surface area contributed by atoms with E-state index in [1.807, 2.05) is 29.0 Å². The van der Waals surface area contributed by atoms with E-state index < -0.39 is 0 Å². The second-order valence-electron chi connectivity index (χ2n) is 5.42. The molecule has 1 fully saturated rings. The number of hydrogen-bond donors (Lipinski definition) is 1. The SMILES string of the molecule is CNCCC(=O)N1CCN(C(=O)Cc2ccc(Cl)cc2)CC1. The van der Waals surface area contributed by atoms with E-state index in [1.54, 1.807) is 12.1 Å². The van der Waals surface area contributed by atoms with Gasteiger partial charge in [0.1, 0.15) is 0 Å². The van der Waals surface area contributed by atoms with Crippen molar-refractivity contribution in [1.29, 1.82) is 0 Å². The molecule has 1 heterocycles. The molecule has 1 aliphatic heterocycles. The fourth-order valence-corrected chi connectivity index (χ4v) is 2.61. The summed E-state index contributed by atoms with van der Waals surface area (Å²) in [5, 5.41) is 3.65. The molecular weight excluding hydrogens is 302 g/mol. The molecule has 0 aromatic heterocycles. The van der Waals surface area contributed by atoms with Gasteiger partial charge in [0.25, 0.3) is 0 Å². The third-order valence-corrected chi connectivity index (χ3v) is 4.09. The Morgan fingerprint density at radius 2 is 1.59 bits per heavy atom. The predicted octanol–water partition coefficient (Wildman–Crippen LogP) is 1.16. The number of rotatable bonds is 5. The molecule has 1 saturated heterocycles. The Kier molecular flexibility index (Phi) is 6.21. The number of nitrogens with zero attached hydrogens (tertiary/aromatic N) is 2. The van der Waals surface area contributed by atoms with Gasteiger partial charge < -0.3 is 15.1 Å². The van der Waals surface area contributed by atoms with Crippen molar-refractivity contribution in [2.24, 2.45) is 0 Å². The summed E-state index contributed by atoms with van der Waals surface area (Å²) in [5.41, 5.74) is 0.960. The Morgan fingerprint density at radius 1 is 1.05 bits per heavy atom. The zero-order valence-electron chi connectivity index (χ0n) is 12.8. The van der Waals surface area contributed by atoms with Crippen molar-refractivity contribution >= 4 is 23.4 Å². The smallest absolute Gasteiger partial charge is 0.227 e. The zero-order chi connectivity index (χ0) is 15.9. The molecule has 1 N–H and O–H groups in total. The van der Waals surface area contributed by atoms with E-state index >= 15 is 0 Å². The number of carbonyl (C=O) groups excluding carboxylic acids is 2. The molecule has 1 aromatic rings. The van der Waals surface area contributed by atoms with E-state index in [2.05, 4.69) is 5.32 Å².